The molecule has 174 valence electrons. The number of carbonyl (C=O) groups excluding carboxylic acids is 1. The SMILES string of the molecule is COc1ccc(CC(=O)NC(C)c2nc3ccccc3n2C/C=C/c2ccccc2)cc1OC. The van der Waals surface area contributed by atoms with Crippen molar-refractivity contribution in [1.29, 1.82) is 0 Å². The highest BCUT2D eigenvalue weighted by Crippen LogP contribution is 2.28. The Morgan fingerprint density at radius 1 is 1.00 bits per heavy atom. The first kappa shape index (κ1) is 23.1. The van der Waals surface area contributed by atoms with Crippen LogP contribution in [0, 0.1) is 0 Å². The summed E-state index contributed by atoms with van der Waals surface area (Å²) in [7, 11) is 3.17. The smallest absolute Gasteiger partial charge is 0.224 e. The number of allylic oxidation sites excluding steroid dienone is 1. The quantitative estimate of drug-likeness (QED) is 0.377. The zero-order chi connectivity index (χ0) is 23.9. The van der Waals surface area contributed by atoms with E-state index in [0.29, 0.717) is 18.0 Å². The van der Waals surface area contributed by atoms with Crippen LogP contribution >= 0.6 is 0 Å². The molecule has 1 amide bonds. The van der Waals surface area contributed by atoms with Crippen molar-refractivity contribution in [3.8, 4) is 11.5 Å². The number of ether oxygens (including phenoxy) is 2. The molecule has 0 aliphatic carbocycles. The average Bonchev–Trinajstić information content (AvgIpc) is 3.23. The minimum atomic E-state index is -0.259. The van der Waals surface area contributed by atoms with E-state index in [1.54, 1.807) is 14.2 Å². The minimum absolute atomic E-state index is 0.0850. The van der Waals surface area contributed by atoms with Gasteiger partial charge in [-0.1, -0.05) is 60.7 Å². The van der Waals surface area contributed by atoms with Crippen molar-refractivity contribution < 1.29 is 14.3 Å². The van der Waals surface area contributed by atoms with Crippen LogP contribution < -0.4 is 14.8 Å². The first-order valence-electron chi connectivity index (χ1n) is 11.3. The molecule has 1 unspecified atom stereocenters. The fraction of sp³-hybridized carbons (Fsp3) is 0.214. The second kappa shape index (κ2) is 10.7. The van der Waals surface area contributed by atoms with Crippen molar-refractivity contribution in [1.82, 2.24) is 14.9 Å². The van der Waals surface area contributed by atoms with Crippen molar-refractivity contribution in [2.75, 3.05) is 14.2 Å². The van der Waals surface area contributed by atoms with Gasteiger partial charge in [0.1, 0.15) is 5.82 Å². The molecule has 4 rings (SSSR count). The first-order valence-corrected chi connectivity index (χ1v) is 11.3. The van der Waals surface area contributed by atoms with Gasteiger partial charge in [-0.2, -0.15) is 0 Å². The van der Waals surface area contributed by atoms with Gasteiger partial charge in [0.15, 0.2) is 11.5 Å². The number of hydrogen-bond donors (Lipinski definition) is 1. The number of methoxy groups -OCH3 is 2. The van der Waals surface area contributed by atoms with Crippen LogP contribution in [-0.2, 0) is 17.8 Å². The topological polar surface area (TPSA) is 65.4 Å². The lowest BCUT2D eigenvalue weighted by Gasteiger charge is -2.16. The summed E-state index contributed by atoms with van der Waals surface area (Å²) in [6, 6.07) is 23.5. The molecule has 1 aromatic heterocycles. The molecule has 0 radical (unpaired) electrons. The van der Waals surface area contributed by atoms with Crippen LogP contribution in [0.1, 0.15) is 29.9 Å². The summed E-state index contributed by atoms with van der Waals surface area (Å²) in [6.45, 7) is 2.62. The number of carbonyl (C=O) groups is 1. The number of fused-ring (bicyclic) bond motifs is 1. The number of imidazole rings is 1. The maximum absolute atomic E-state index is 12.8. The molecule has 1 atom stereocenters. The number of hydrogen-bond acceptors (Lipinski definition) is 4. The maximum Gasteiger partial charge on any atom is 0.224 e. The molecule has 0 aliphatic heterocycles. The van der Waals surface area contributed by atoms with Crippen molar-refractivity contribution in [2.45, 2.75) is 25.9 Å². The fourth-order valence-corrected chi connectivity index (χ4v) is 4.01. The molecule has 4 aromatic rings. The Morgan fingerprint density at radius 2 is 1.74 bits per heavy atom. The molecule has 0 aliphatic rings. The van der Waals surface area contributed by atoms with E-state index < -0.39 is 0 Å². The van der Waals surface area contributed by atoms with Crippen LogP contribution in [0.3, 0.4) is 0 Å². The van der Waals surface area contributed by atoms with E-state index in [2.05, 4.69) is 40.2 Å². The molecule has 1 heterocycles. The van der Waals surface area contributed by atoms with E-state index in [9.17, 15) is 4.79 Å². The van der Waals surface area contributed by atoms with Crippen LogP contribution in [0.25, 0.3) is 17.1 Å². The molecule has 6 heteroatoms. The van der Waals surface area contributed by atoms with Crippen LogP contribution in [0.2, 0.25) is 0 Å². The molecule has 0 fully saturated rings. The zero-order valence-electron chi connectivity index (χ0n) is 19.7. The molecular formula is C28H29N3O3. The molecule has 6 nitrogen and oxygen atoms in total. The van der Waals surface area contributed by atoms with Gasteiger partial charge in [-0.25, -0.2) is 4.98 Å². The summed E-state index contributed by atoms with van der Waals surface area (Å²) in [5, 5.41) is 3.10. The van der Waals surface area contributed by atoms with Gasteiger partial charge in [0.05, 0.1) is 37.7 Å². The molecule has 1 N–H and O–H groups in total. The Labute approximate surface area is 199 Å². The van der Waals surface area contributed by atoms with E-state index in [1.165, 1.54) is 0 Å². The van der Waals surface area contributed by atoms with Gasteiger partial charge in [0, 0.05) is 6.54 Å². The van der Waals surface area contributed by atoms with Gasteiger partial charge in [-0.15, -0.1) is 0 Å². The van der Waals surface area contributed by atoms with E-state index in [-0.39, 0.29) is 18.4 Å². The summed E-state index contributed by atoms with van der Waals surface area (Å²) in [4.78, 5) is 17.7. The highest BCUT2D eigenvalue weighted by Gasteiger charge is 2.18. The maximum atomic E-state index is 12.8. The Bertz CT molecular complexity index is 1300. The predicted molar refractivity (Wildman–Crippen MR) is 135 cm³/mol. The van der Waals surface area contributed by atoms with E-state index in [0.717, 1.165) is 28.0 Å². The molecule has 0 bridgehead atoms. The Morgan fingerprint density at radius 3 is 2.50 bits per heavy atom. The molecule has 3 aromatic carbocycles. The lowest BCUT2D eigenvalue weighted by atomic mass is 10.1. The van der Waals surface area contributed by atoms with Gasteiger partial charge in [0.2, 0.25) is 5.91 Å². The third-order valence-electron chi connectivity index (χ3n) is 5.66. The third kappa shape index (κ3) is 5.29. The highest BCUT2D eigenvalue weighted by atomic mass is 16.5. The zero-order valence-corrected chi connectivity index (χ0v) is 19.7. The van der Waals surface area contributed by atoms with Crippen LogP contribution in [0.4, 0.5) is 0 Å². The summed E-state index contributed by atoms with van der Waals surface area (Å²) >= 11 is 0. The lowest BCUT2D eigenvalue weighted by molar-refractivity contribution is -0.121. The van der Waals surface area contributed by atoms with Gasteiger partial charge in [-0.3, -0.25) is 4.79 Å². The fourth-order valence-electron chi connectivity index (χ4n) is 4.01. The summed E-state index contributed by atoms with van der Waals surface area (Å²) in [5.41, 5.74) is 3.94. The molecule has 0 saturated carbocycles. The molecular weight excluding hydrogens is 426 g/mol. The number of para-hydroxylation sites is 2. The van der Waals surface area contributed by atoms with Crippen LogP contribution in [0.5, 0.6) is 11.5 Å². The number of amides is 1. The van der Waals surface area contributed by atoms with Crippen molar-refractivity contribution in [3.05, 3.63) is 95.8 Å². The summed E-state index contributed by atoms with van der Waals surface area (Å²) < 4.78 is 12.8. The number of rotatable bonds is 9. The van der Waals surface area contributed by atoms with Crippen molar-refractivity contribution in [3.63, 3.8) is 0 Å². The van der Waals surface area contributed by atoms with Crippen molar-refractivity contribution in [2.24, 2.45) is 0 Å². The molecule has 0 saturated heterocycles. The van der Waals surface area contributed by atoms with E-state index in [1.807, 2.05) is 61.5 Å². The minimum Gasteiger partial charge on any atom is -0.493 e. The first-order chi connectivity index (χ1) is 16.6. The van der Waals surface area contributed by atoms with E-state index >= 15 is 0 Å². The van der Waals surface area contributed by atoms with Crippen molar-refractivity contribution >= 4 is 23.0 Å². The summed E-state index contributed by atoms with van der Waals surface area (Å²) in [5.74, 6) is 1.97. The Kier molecular flexibility index (Phi) is 7.28. The third-order valence-corrected chi connectivity index (χ3v) is 5.66. The highest BCUT2D eigenvalue weighted by molar-refractivity contribution is 5.80. The van der Waals surface area contributed by atoms with Gasteiger partial charge in [-0.05, 0) is 42.3 Å². The Hall–Kier alpha value is -4.06. The number of aromatic nitrogens is 2. The second-order valence-electron chi connectivity index (χ2n) is 8.04. The molecule has 34 heavy (non-hydrogen) atoms. The van der Waals surface area contributed by atoms with Gasteiger partial charge in [0.25, 0.3) is 0 Å². The Balaban J connectivity index is 1.51. The normalized spacial score (nSPS) is 12.1. The van der Waals surface area contributed by atoms with Gasteiger partial charge >= 0.3 is 0 Å². The molecule has 0 spiro atoms. The standard InChI is InChI=1S/C28H29N3O3/c1-20(29-27(32)19-22-15-16-25(33-2)26(18-22)34-3)28-30-23-13-7-8-14-24(23)31(28)17-9-12-21-10-5-4-6-11-21/h4-16,18,20H,17,19H2,1-3H3,(H,29,32)/b12-9+. The lowest BCUT2D eigenvalue weighted by Crippen LogP contribution is -2.30. The van der Waals surface area contributed by atoms with E-state index in [4.69, 9.17) is 14.5 Å². The number of nitrogens with zero attached hydrogens (tertiary/aromatic N) is 2. The average molecular weight is 456 g/mol. The van der Waals surface area contributed by atoms with Gasteiger partial charge < -0.3 is 19.4 Å². The van der Waals surface area contributed by atoms with Crippen LogP contribution in [0.15, 0.2) is 78.9 Å². The van der Waals surface area contributed by atoms with Crippen LogP contribution in [-0.4, -0.2) is 29.7 Å². The number of nitrogens with one attached hydrogen (secondary N) is 1. The monoisotopic (exact) mass is 455 g/mol. The summed E-state index contributed by atoms with van der Waals surface area (Å²) in [6.07, 6.45) is 4.45. The largest absolute Gasteiger partial charge is 0.493 e. The second-order valence-corrected chi connectivity index (χ2v) is 8.04. The number of benzene rings is 3. The predicted octanol–water partition coefficient (Wildman–Crippen LogP) is 5.19.